The maximum Gasteiger partial charge on any atom is 0.0777 e. The molecule has 0 spiro atoms. The van der Waals surface area contributed by atoms with Crippen molar-refractivity contribution in [1.29, 1.82) is 0 Å². The quantitative estimate of drug-likeness (QED) is 0.173. The summed E-state index contributed by atoms with van der Waals surface area (Å²) in [5, 5.41) is 0. The molecule has 0 amide bonds. The molecule has 0 unspecified atom stereocenters. The predicted octanol–water partition coefficient (Wildman–Crippen LogP) is 13.7. The lowest BCUT2D eigenvalue weighted by molar-refractivity contribution is 1.09. The summed E-state index contributed by atoms with van der Waals surface area (Å²) in [5.74, 6) is 0. The van der Waals surface area contributed by atoms with Gasteiger partial charge in [0, 0.05) is 39.8 Å². The number of anilines is 3. The number of fused-ring (bicyclic) bond motifs is 5. The molecule has 254 valence electrons. The molecule has 0 bridgehead atoms. The fourth-order valence-electron chi connectivity index (χ4n) is 7.79. The molecule has 3 heterocycles. The van der Waals surface area contributed by atoms with Gasteiger partial charge in [-0.05, 0) is 76.3 Å². The van der Waals surface area contributed by atoms with Crippen molar-refractivity contribution in [2.24, 2.45) is 0 Å². The van der Waals surface area contributed by atoms with E-state index in [1.165, 1.54) is 27.9 Å². The average molecular weight is 690 g/mol. The van der Waals surface area contributed by atoms with Gasteiger partial charge in [0.25, 0.3) is 0 Å². The van der Waals surface area contributed by atoms with Crippen LogP contribution in [-0.2, 0) is 0 Å². The fourth-order valence-corrected chi connectivity index (χ4v) is 7.79. The van der Waals surface area contributed by atoms with Gasteiger partial charge in [-0.15, -0.1) is 0 Å². The van der Waals surface area contributed by atoms with E-state index in [1.54, 1.807) is 0 Å². The first-order chi connectivity index (χ1) is 26.8. The van der Waals surface area contributed by atoms with Gasteiger partial charge in [-0.1, -0.05) is 158 Å². The zero-order valence-corrected chi connectivity index (χ0v) is 29.5. The molecule has 1 aliphatic rings. The first-order valence-corrected chi connectivity index (χ1v) is 18.4. The smallest absolute Gasteiger partial charge is 0.0777 e. The standard InChI is InChI=1S/C51H35N3/c1-4-15-36(16-5-1)41-34-47(38-17-6-2-7-18-38)52-48(35-41)39-29-27-37(28-30-39)40-19-14-22-43(33-40)54-49-26-13-12-24-45(49)44-23-10-11-25-46(44)51-50(54)31-32-53(51)42-20-8-3-9-21-42/h1-35H. The van der Waals surface area contributed by atoms with E-state index >= 15 is 0 Å². The lowest BCUT2D eigenvalue weighted by Gasteiger charge is -2.26. The van der Waals surface area contributed by atoms with E-state index in [0.29, 0.717) is 0 Å². The van der Waals surface area contributed by atoms with Crippen molar-refractivity contribution in [3.63, 3.8) is 0 Å². The summed E-state index contributed by atoms with van der Waals surface area (Å²) >= 11 is 0. The Labute approximate surface area is 315 Å². The Kier molecular flexibility index (Phi) is 7.81. The molecule has 3 nitrogen and oxygen atoms in total. The van der Waals surface area contributed by atoms with Crippen molar-refractivity contribution in [1.82, 2.24) is 9.55 Å². The van der Waals surface area contributed by atoms with Crippen LogP contribution in [0.15, 0.2) is 212 Å². The van der Waals surface area contributed by atoms with Gasteiger partial charge in [-0.2, -0.15) is 0 Å². The zero-order chi connectivity index (χ0) is 35.8. The summed E-state index contributed by atoms with van der Waals surface area (Å²) < 4.78 is 2.32. The normalized spacial score (nSPS) is 11.7. The minimum absolute atomic E-state index is 0.951. The fraction of sp³-hybridized carbons (Fsp3) is 0. The zero-order valence-electron chi connectivity index (χ0n) is 29.5. The van der Waals surface area contributed by atoms with Crippen LogP contribution in [0.4, 0.5) is 17.1 Å². The van der Waals surface area contributed by atoms with Gasteiger partial charge in [-0.25, -0.2) is 4.98 Å². The lowest BCUT2D eigenvalue weighted by atomic mass is 9.97. The monoisotopic (exact) mass is 689 g/mol. The number of rotatable bonds is 6. The van der Waals surface area contributed by atoms with E-state index in [9.17, 15) is 0 Å². The van der Waals surface area contributed by atoms with E-state index in [-0.39, 0.29) is 0 Å². The van der Waals surface area contributed by atoms with Gasteiger partial charge < -0.3 is 9.47 Å². The summed E-state index contributed by atoms with van der Waals surface area (Å²) in [7, 11) is 0. The summed E-state index contributed by atoms with van der Waals surface area (Å²) in [5.41, 5.74) is 18.1. The molecule has 0 fully saturated rings. The Bertz CT molecular complexity index is 2690. The Balaban J connectivity index is 1.07. The average Bonchev–Trinajstić information content (AvgIpc) is 3.64. The number of benzene rings is 7. The number of pyridine rings is 1. The maximum atomic E-state index is 5.16. The number of nitrogens with zero attached hydrogens (tertiary/aromatic N) is 3. The molecule has 9 aromatic rings. The molecule has 3 heteroatoms. The predicted molar refractivity (Wildman–Crippen MR) is 224 cm³/mol. The van der Waals surface area contributed by atoms with Crippen molar-refractivity contribution in [2.45, 2.75) is 0 Å². The van der Waals surface area contributed by atoms with Crippen LogP contribution >= 0.6 is 0 Å². The van der Waals surface area contributed by atoms with E-state index < -0.39 is 0 Å². The molecule has 7 aromatic carbocycles. The van der Waals surface area contributed by atoms with Crippen LogP contribution in [0, 0.1) is 0 Å². The summed E-state index contributed by atoms with van der Waals surface area (Å²) in [6.07, 6.45) is 2.20. The van der Waals surface area contributed by atoms with Crippen molar-refractivity contribution in [3.8, 4) is 72.8 Å². The minimum atomic E-state index is 0.951. The molecule has 0 saturated carbocycles. The Morgan fingerprint density at radius 2 is 0.833 bits per heavy atom. The van der Waals surface area contributed by atoms with Crippen LogP contribution in [0.5, 0.6) is 0 Å². The Morgan fingerprint density at radius 3 is 1.56 bits per heavy atom. The molecule has 0 N–H and O–H groups in total. The molecule has 0 saturated heterocycles. The van der Waals surface area contributed by atoms with Crippen molar-refractivity contribution >= 4 is 17.1 Å². The lowest BCUT2D eigenvalue weighted by Crippen LogP contribution is -2.10. The minimum Gasteiger partial charge on any atom is -0.315 e. The second-order valence-corrected chi connectivity index (χ2v) is 13.6. The Hall–Kier alpha value is -7.23. The van der Waals surface area contributed by atoms with Crippen molar-refractivity contribution in [2.75, 3.05) is 4.90 Å². The van der Waals surface area contributed by atoms with E-state index in [1.807, 2.05) is 6.07 Å². The maximum absolute atomic E-state index is 5.16. The van der Waals surface area contributed by atoms with Crippen molar-refractivity contribution in [3.05, 3.63) is 212 Å². The van der Waals surface area contributed by atoms with Gasteiger partial charge >= 0.3 is 0 Å². The van der Waals surface area contributed by atoms with Crippen LogP contribution in [0.3, 0.4) is 0 Å². The highest BCUT2D eigenvalue weighted by Gasteiger charge is 2.28. The Morgan fingerprint density at radius 1 is 0.315 bits per heavy atom. The second kappa shape index (κ2) is 13.4. The largest absolute Gasteiger partial charge is 0.315 e. The van der Waals surface area contributed by atoms with Crippen LogP contribution in [0.25, 0.3) is 72.8 Å². The number of para-hydroxylation sites is 2. The molecule has 0 aliphatic carbocycles. The third kappa shape index (κ3) is 5.60. The van der Waals surface area contributed by atoms with E-state index in [2.05, 4.69) is 216 Å². The van der Waals surface area contributed by atoms with E-state index in [0.717, 1.165) is 62.0 Å². The molecule has 2 aromatic heterocycles. The van der Waals surface area contributed by atoms with Gasteiger partial charge in [0.05, 0.1) is 28.5 Å². The number of hydrogen-bond donors (Lipinski definition) is 0. The van der Waals surface area contributed by atoms with Crippen LogP contribution in [-0.4, -0.2) is 9.55 Å². The molecular weight excluding hydrogens is 655 g/mol. The van der Waals surface area contributed by atoms with Gasteiger partial charge in [-0.3, -0.25) is 0 Å². The highest BCUT2D eigenvalue weighted by molar-refractivity contribution is 6.02. The van der Waals surface area contributed by atoms with Crippen LogP contribution < -0.4 is 4.90 Å². The molecule has 0 atom stereocenters. The highest BCUT2D eigenvalue weighted by atomic mass is 15.2. The summed E-state index contributed by atoms with van der Waals surface area (Å²) in [4.78, 5) is 7.58. The topological polar surface area (TPSA) is 21.1 Å². The van der Waals surface area contributed by atoms with Crippen molar-refractivity contribution < 1.29 is 0 Å². The van der Waals surface area contributed by atoms with Crippen LogP contribution in [0.2, 0.25) is 0 Å². The third-order valence-electron chi connectivity index (χ3n) is 10.4. The van der Waals surface area contributed by atoms with Gasteiger partial charge in [0.15, 0.2) is 0 Å². The highest BCUT2D eigenvalue weighted by Crippen LogP contribution is 2.51. The number of aromatic nitrogens is 2. The third-order valence-corrected chi connectivity index (χ3v) is 10.4. The van der Waals surface area contributed by atoms with Crippen LogP contribution in [0.1, 0.15) is 0 Å². The molecule has 54 heavy (non-hydrogen) atoms. The second-order valence-electron chi connectivity index (χ2n) is 13.6. The SMILES string of the molecule is c1ccc(-c2cc(-c3ccccc3)nc(-c3ccc(-c4cccc(N5c6ccccc6-c6ccccc6-c6c5ccn6-c5ccccc5)c4)cc3)c2)cc1. The van der Waals surface area contributed by atoms with E-state index in [4.69, 9.17) is 4.98 Å². The molecule has 10 rings (SSSR count). The summed E-state index contributed by atoms with van der Waals surface area (Å²) in [6.45, 7) is 0. The number of hydrogen-bond acceptors (Lipinski definition) is 2. The molecule has 1 aliphatic heterocycles. The molecule has 0 radical (unpaired) electrons. The summed E-state index contributed by atoms with van der Waals surface area (Å²) in [6, 6.07) is 73.5. The van der Waals surface area contributed by atoms with Gasteiger partial charge in [0.1, 0.15) is 0 Å². The first kappa shape index (κ1) is 31.5. The van der Waals surface area contributed by atoms with Gasteiger partial charge in [0.2, 0.25) is 0 Å². The first-order valence-electron chi connectivity index (χ1n) is 18.4. The molecular formula is C51H35N3.